The Bertz CT molecular complexity index is 815. The molecule has 3 unspecified atom stereocenters. The molecule has 0 aliphatic heterocycles. The number of hydrogen-bond donors (Lipinski definition) is 3. The largest absolute Gasteiger partial charge is 0.393 e. The fraction of sp³-hybridized carbons (Fsp3) is 0.935. The number of fused-ring (bicyclic) bond motifs is 5. The van der Waals surface area contributed by atoms with Crippen LogP contribution in [-0.4, -0.2) is 32.8 Å². The summed E-state index contributed by atoms with van der Waals surface area (Å²) in [6.07, 6.45) is 14.7. The maximum atomic E-state index is 11.7. The van der Waals surface area contributed by atoms with Gasteiger partial charge in [-0.3, -0.25) is 5.26 Å². The first-order valence-corrected chi connectivity index (χ1v) is 14.5. The monoisotopic (exact) mass is 490 g/mol. The zero-order chi connectivity index (χ0) is 26.1. The van der Waals surface area contributed by atoms with Crippen molar-refractivity contribution < 1.29 is 20.4 Å². The van der Waals surface area contributed by atoms with E-state index in [-0.39, 0.29) is 16.9 Å². The van der Waals surface area contributed by atoms with Gasteiger partial charge in [-0.2, -0.15) is 0 Å². The van der Waals surface area contributed by atoms with E-state index < -0.39 is 11.2 Å². The van der Waals surface area contributed by atoms with E-state index >= 15 is 0 Å². The molecule has 0 aromatic heterocycles. The van der Waals surface area contributed by atoms with Gasteiger partial charge in [0, 0.05) is 0 Å². The molecule has 35 heavy (non-hydrogen) atoms. The van der Waals surface area contributed by atoms with Crippen LogP contribution in [0.4, 0.5) is 0 Å². The van der Waals surface area contributed by atoms with Gasteiger partial charge in [0.05, 0.1) is 11.7 Å². The molecule has 9 atom stereocenters. The maximum absolute atomic E-state index is 11.7. The molecule has 0 heterocycles. The number of aliphatic hydroxyl groups is 2. The smallest absolute Gasteiger partial charge is 0.116 e. The maximum Gasteiger partial charge on any atom is 0.116 e. The van der Waals surface area contributed by atoms with Crippen molar-refractivity contribution in [3.8, 4) is 0 Å². The molecule has 4 saturated carbocycles. The quantitative estimate of drug-likeness (QED) is 0.206. The number of hydrogen-bond acceptors (Lipinski definition) is 4. The molecule has 4 aliphatic carbocycles. The molecule has 0 spiro atoms. The van der Waals surface area contributed by atoms with Crippen molar-refractivity contribution >= 4 is 0 Å². The van der Waals surface area contributed by atoms with Crippen LogP contribution in [0, 0.1) is 45.3 Å². The van der Waals surface area contributed by atoms with Crippen LogP contribution in [0.2, 0.25) is 0 Å². The molecule has 0 radical (unpaired) electrons. The average Bonchev–Trinajstić information content (AvgIpc) is 3.13. The van der Waals surface area contributed by atoms with E-state index in [4.69, 9.17) is 5.26 Å². The highest BCUT2D eigenvalue weighted by Crippen LogP contribution is 2.75. The third-order valence-corrected chi connectivity index (χ3v) is 12.7. The molecule has 4 nitrogen and oxygen atoms in total. The first kappa shape index (κ1) is 27.6. The zero-order valence-corrected chi connectivity index (χ0v) is 23.9. The second-order valence-corrected chi connectivity index (χ2v) is 15.2. The predicted molar refractivity (Wildman–Crippen MR) is 142 cm³/mol. The van der Waals surface area contributed by atoms with Crippen LogP contribution in [0.5, 0.6) is 0 Å². The van der Waals surface area contributed by atoms with Crippen molar-refractivity contribution in [3.63, 3.8) is 0 Å². The van der Waals surface area contributed by atoms with Crippen LogP contribution in [0.25, 0.3) is 0 Å². The third kappa shape index (κ3) is 4.17. The summed E-state index contributed by atoms with van der Waals surface area (Å²) >= 11 is 0. The van der Waals surface area contributed by atoms with E-state index in [1.807, 2.05) is 26.0 Å². The van der Waals surface area contributed by atoms with E-state index in [0.717, 1.165) is 32.1 Å². The zero-order valence-electron chi connectivity index (χ0n) is 23.9. The van der Waals surface area contributed by atoms with Crippen molar-refractivity contribution in [3.05, 3.63) is 12.2 Å². The molecule has 0 amide bonds. The van der Waals surface area contributed by atoms with Crippen molar-refractivity contribution in [2.24, 2.45) is 45.3 Å². The average molecular weight is 491 g/mol. The highest BCUT2D eigenvalue weighted by molar-refractivity contribution is 5.18. The Morgan fingerprint density at radius 2 is 1.51 bits per heavy atom. The lowest BCUT2D eigenvalue weighted by Gasteiger charge is -2.70. The fourth-order valence-electron chi connectivity index (χ4n) is 10.4. The summed E-state index contributed by atoms with van der Waals surface area (Å²) in [6.45, 7) is 18.1. The predicted octanol–water partition coefficient (Wildman–Crippen LogP) is 7.39. The van der Waals surface area contributed by atoms with Gasteiger partial charge in [-0.15, -0.1) is 0 Å². The van der Waals surface area contributed by atoms with Crippen LogP contribution in [0.15, 0.2) is 12.2 Å². The molecule has 0 bridgehead atoms. The molecule has 202 valence electrons. The van der Waals surface area contributed by atoms with Gasteiger partial charge in [0.1, 0.15) is 5.60 Å². The molecule has 4 aliphatic rings. The lowest BCUT2D eigenvalue weighted by atomic mass is 9.35. The van der Waals surface area contributed by atoms with E-state index in [1.165, 1.54) is 32.1 Å². The van der Waals surface area contributed by atoms with Crippen molar-refractivity contribution in [2.75, 3.05) is 0 Å². The molecule has 0 aromatic carbocycles. The summed E-state index contributed by atoms with van der Waals surface area (Å²) in [5, 5.41) is 31.6. The normalized spacial score (nSPS) is 47.1. The molecule has 3 N–H and O–H groups in total. The fourth-order valence-corrected chi connectivity index (χ4v) is 10.4. The molecule has 4 fully saturated rings. The lowest BCUT2D eigenvalue weighted by molar-refractivity contribution is -0.297. The van der Waals surface area contributed by atoms with E-state index in [1.54, 1.807) is 0 Å². The summed E-state index contributed by atoms with van der Waals surface area (Å²) in [4.78, 5) is 4.52. The van der Waals surface area contributed by atoms with Gasteiger partial charge in [0.25, 0.3) is 0 Å². The molecule has 0 aromatic rings. The summed E-state index contributed by atoms with van der Waals surface area (Å²) in [5.41, 5.74) is -0.510. The standard InChI is InChI=1S/C31H54O4/c1-26(2,35-34)16-9-10-17-31(8,33)22-13-19-29(6)21(22)11-12-24-28(5)18-15-25(32)27(3,4)23(28)14-20-30(24,29)7/h9,16,21-25,32-34H,10-15,17-20H2,1-8H3/b16-9+/t21?,22-,23?,24?,25-,28-,29+,30+,31-/m0/s1. The van der Waals surface area contributed by atoms with Gasteiger partial charge in [-0.25, -0.2) is 4.89 Å². The summed E-state index contributed by atoms with van der Waals surface area (Å²) in [7, 11) is 0. The Labute approximate surface area is 214 Å². The second kappa shape index (κ2) is 8.82. The molecule has 0 saturated heterocycles. The number of rotatable bonds is 6. The first-order chi connectivity index (χ1) is 16.1. The van der Waals surface area contributed by atoms with Crippen molar-refractivity contribution in [1.82, 2.24) is 0 Å². The third-order valence-electron chi connectivity index (χ3n) is 12.7. The summed E-state index contributed by atoms with van der Waals surface area (Å²) < 4.78 is 0. The Kier molecular flexibility index (Phi) is 6.96. The van der Waals surface area contributed by atoms with Crippen molar-refractivity contribution in [2.45, 2.75) is 137 Å². The van der Waals surface area contributed by atoms with Gasteiger partial charge in [0.2, 0.25) is 0 Å². The van der Waals surface area contributed by atoms with E-state index in [2.05, 4.69) is 46.4 Å². The van der Waals surface area contributed by atoms with E-state index in [9.17, 15) is 10.2 Å². The first-order valence-electron chi connectivity index (χ1n) is 14.5. The minimum absolute atomic E-state index is 0.00286. The minimum Gasteiger partial charge on any atom is -0.393 e. The highest BCUT2D eigenvalue weighted by Gasteiger charge is 2.69. The van der Waals surface area contributed by atoms with Gasteiger partial charge in [-0.05, 0) is 130 Å². The number of allylic oxidation sites excluding steroid dienone is 1. The lowest BCUT2D eigenvalue weighted by Crippen LogP contribution is -2.64. The van der Waals surface area contributed by atoms with Gasteiger partial charge in [0.15, 0.2) is 0 Å². The Hall–Kier alpha value is -0.420. The van der Waals surface area contributed by atoms with Crippen LogP contribution >= 0.6 is 0 Å². The molecular formula is C31H54O4. The van der Waals surface area contributed by atoms with Crippen LogP contribution in [-0.2, 0) is 4.89 Å². The Balaban J connectivity index is 1.54. The SMILES string of the molecule is CC(C)(/C=C/CC[C@](C)(O)[C@H]1CC[C@]2(C)C1CCC1[C@@]3(C)CC[C@H](O)C(C)(C)C3CC[C@]12C)OO. The molecular weight excluding hydrogens is 436 g/mol. The van der Waals surface area contributed by atoms with E-state index in [0.29, 0.717) is 34.5 Å². The van der Waals surface area contributed by atoms with Gasteiger partial charge < -0.3 is 10.2 Å². The van der Waals surface area contributed by atoms with Crippen LogP contribution < -0.4 is 0 Å². The van der Waals surface area contributed by atoms with Crippen molar-refractivity contribution in [1.29, 1.82) is 0 Å². The number of aliphatic hydroxyl groups excluding tert-OH is 1. The highest BCUT2D eigenvalue weighted by atomic mass is 17.1. The van der Waals surface area contributed by atoms with Gasteiger partial charge in [-0.1, -0.05) is 46.8 Å². The molecule has 4 rings (SSSR count). The Morgan fingerprint density at radius 3 is 2.17 bits per heavy atom. The summed E-state index contributed by atoms with van der Waals surface area (Å²) in [5.74, 6) is 2.21. The van der Waals surface area contributed by atoms with Gasteiger partial charge >= 0.3 is 0 Å². The van der Waals surface area contributed by atoms with Crippen LogP contribution in [0.1, 0.15) is 120 Å². The minimum atomic E-state index is -0.691. The summed E-state index contributed by atoms with van der Waals surface area (Å²) in [6, 6.07) is 0. The Morgan fingerprint density at radius 1 is 0.857 bits per heavy atom. The molecule has 4 heteroatoms. The van der Waals surface area contributed by atoms with Crippen LogP contribution in [0.3, 0.4) is 0 Å². The topological polar surface area (TPSA) is 69.9 Å². The second-order valence-electron chi connectivity index (χ2n) is 15.2.